The summed E-state index contributed by atoms with van der Waals surface area (Å²) in [4.78, 5) is 11.4. The van der Waals surface area contributed by atoms with E-state index in [9.17, 15) is 17.4 Å². The number of hydroxylamine groups is 2. The molecule has 0 saturated carbocycles. The van der Waals surface area contributed by atoms with Gasteiger partial charge in [0.15, 0.2) is 0 Å². The van der Waals surface area contributed by atoms with Crippen LogP contribution in [0.25, 0.3) is 0 Å². The van der Waals surface area contributed by atoms with Crippen LogP contribution in [-0.4, -0.2) is 133 Å². The number of carbonyl (C=O) groups excluding carboxylic acids is 1. The number of ketones is 1. The summed E-state index contributed by atoms with van der Waals surface area (Å²) in [5, 5.41) is 1.40. The second-order valence-corrected chi connectivity index (χ2v) is 11.6. The molecule has 0 heterocycles. The first-order chi connectivity index (χ1) is 13.8. The van der Waals surface area contributed by atoms with Crippen LogP contribution in [0, 0.1) is 0 Å². The van der Waals surface area contributed by atoms with E-state index < -0.39 is 33.3 Å². The van der Waals surface area contributed by atoms with Crippen molar-refractivity contribution in [1.82, 2.24) is 18.6 Å². The molecule has 196 valence electrons. The minimum atomic E-state index is -1.34. The van der Waals surface area contributed by atoms with E-state index in [1.165, 1.54) is 34.6 Å². The van der Waals surface area contributed by atoms with Gasteiger partial charge in [-0.3, -0.25) is 8.39 Å². The third-order valence-corrected chi connectivity index (χ3v) is 2.86. The van der Waals surface area contributed by atoms with Crippen LogP contribution in [0.15, 0.2) is 0 Å². The first-order valence-corrected chi connectivity index (χ1v) is 14.3. The number of hydrogen-bond acceptors (Lipinski definition) is 9. The molecule has 0 aliphatic heterocycles. The van der Waals surface area contributed by atoms with E-state index in [-0.39, 0.29) is 5.78 Å². The average Bonchev–Trinajstić information content (AvgIpc) is 2.53. The van der Waals surface area contributed by atoms with Crippen molar-refractivity contribution in [3.05, 3.63) is 0 Å². The highest BCUT2D eigenvalue weighted by Crippen LogP contribution is 1.89. The Kier molecular flexibility index (Phi) is 50.4. The van der Waals surface area contributed by atoms with Crippen molar-refractivity contribution in [3.63, 3.8) is 0 Å². The number of thioether (sulfide) groups is 1. The normalized spacial score (nSPS) is 11.4. The number of Topliss-reactive ketones (excluding diaryl/α,β-unsaturated/α-hetero) is 1. The quantitative estimate of drug-likeness (QED) is 0.483. The minimum Gasteiger partial charge on any atom is -0.312 e. The average molecular weight is 533 g/mol. The fraction of sp³-hybridized carbons (Fsp3) is 0.941. The third kappa shape index (κ3) is 119. The van der Waals surface area contributed by atoms with Crippen LogP contribution in [0.5, 0.6) is 0 Å². The molecule has 31 heavy (non-hydrogen) atoms. The fourth-order valence-corrected chi connectivity index (χ4v) is 1.03. The molecule has 0 rings (SSSR count). The van der Waals surface area contributed by atoms with Gasteiger partial charge in [-0.2, -0.15) is 21.1 Å². The molecule has 10 nitrogen and oxygen atoms in total. The summed E-state index contributed by atoms with van der Waals surface area (Å²) in [7, 11) is 16.9. The second kappa shape index (κ2) is 34.8. The van der Waals surface area contributed by atoms with Gasteiger partial charge in [0.05, 0.1) is 7.11 Å². The molecule has 0 N–H and O–H groups in total. The lowest BCUT2D eigenvalue weighted by molar-refractivity contribution is -0.115. The Balaban J connectivity index is -0.0000000636. The summed E-state index contributed by atoms with van der Waals surface area (Å²) in [6, 6.07) is 0. The van der Waals surface area contributed by atoms with Crippen molar-refractivity contribution in [2.75, 3.05) is 95.6 Å². The number of nitrogens with zero attached hydrogens (tertiary/aromatic N) is 4. The maximum atomic E-state index is 10.7. The van der Waals surface area contributed by atoms with E-state index in [1.807, 2.05) is 38.6 Å². The molecular formula is C17H48N4O6S4. The number of rotatable bonds is 5. The Hall–Kier alpha value is 0.230. The summed E-state index contributed by atoms with van der Waals surface area (Å²) < 4.78 is 42.7. The monoisotopic (exact) mass is 532 g/mol. The lowest BCUT2D eigenvalue weighted by Crippen LogP contribution is -2.24. The van der Waals surface area contributed by atoms with Crippen LogP contribution >= 0.6 is 11.8 Å². The summed E-state index contributed by atoms with van der Waals surface area (Å²) in [6.45, 7) is 3.06. The van der Waals surface area contributed by atoms with E-state index in [0.717, 1.165) is 0 Å². The van der Waals surface area contributed by atoms with Crippen molar-refractivity contribution < 1.29 is 25.9 Å². The fourth-order valence-electron chi connectivity index (χ4n) is 0.343. The van der Waals surface area contributed by atoms with Crippen LogP contribution in [0.3, 0.4) is 0 Å². The van der Waals surface area contributed by atoms with Gasteiger partial charge < -0.3 is 9.69 Å². The van der Waals surface area contributed by atoms with E-state index in [4.69, 9.17) is 4.28 Å². The van der Waals surface area contributed by atoms with Gasteiger partial charge in [-0.15, -0.1) is 0 Å². The van der Waals surface area contributed by atoms with Gasteiger partial charge in [-0.1, -0.05) is 0 Å². The molecule has 0 aliphatic carbocycles. The van der Waals surface area contributed by atoms with Crippen LogP contribution in [0.1, 0.15) is 13.8 Å². The van der Waals surface area contributed by atoms with E-state index in [2.05, 4.69) is 4.18 Å². The number of carbonyl (C=O) groups is 1. The number of hydrogen-bond donors (Lipinski definition) is 0. The maximum Gasteiger partial charge on any atom is 0.254 e. The molecule has 0 bridgehead atoms. The zero-order chi connectivity index (χ0) is 26.7. The van der Waals surface area contributed by atoms with Gasteiger partial charge in [0.1, 0.15) is 5.78 Å². The predicted molar refractivity (Wildman–Crippen MR) is 141 cm³/mol. The lowest BCUT2D eigenvalue weighted by Gasteiger charge is -2.12. The van der Waals surface area contributed by atoms with E-state index >= 15 is 0 Å². The van der Waals surface area contributed by atoms with Gasteiger partial charge in [0.2, 0.25) is 11.3 Å². The van der Waals surface area contributed by atoms with Crippen LogP contribution in [0.2, 0.25) is 0 Å². The van der Waals surface area contributed by atoms with Gasteiger partial charge in [0, 0.05) is 65.6 Å². The molecule has 0 radical (unpaired) electrons. The van der Waals surface area contributed by atoms with Crippen molar-refractivity contribution in [1.29, 1.82) is 0 Å². The van der Waals surface area contributed by atoms with E-state index in [0.29, 0.717) is 0 Å². The van der Waals surface area contributed by atoms with Gasteiger partial charge in [-0.05, 0) is 47.5 Å². The smallest absolute Gasteiger partial charge is 0.254 e. The molecule has 0 aromatic rings. The third-order valence-electron chi connectivity index (χ3n) is 0.952. The van der Waals surface area contributed by atoms with Gasteiger partial charge in [-0.25, -0.2) is 17.0 Å². The first-order valence-electron chi connectivity index (χ1n) is 8.65. The Morgan fingerprint density at radius 2 is 0.935 bits per heavy atom. The summed E-state index contributed by atoms with van der Waals surface area (Å²) in [5.74, 6) is 0.167. The van der Waals surface area contributed by atoms with Gasteiger partial charge in [0.25, 0.3) is 11.3 Å². The molecule has 0 aliphatic rings. The SMILES string of the molecule is CC(C)=O.CN(C)C.CN(C)OS(=O)N(C)C.COS(=O)N(C)C.CS(C)=O.CSC. The van der Waals surface area contributed by atoms with Crippen LogP contribution in [-0.2, 0) is 46.6 Å². The van der Waals surface area contributed by atoms with Crippen molar-refractivity contribution in [2.45, 2.75) is 13.8 Å². The lowest BCUT2D eigenvalue weighted by atomic mass is 10.6. The van der Waals surface area contributed by atoms with Crippen molar-refractivity contribution in [2.24, 2.45) is 0 Å². The zero-order valence-corrected chi connectivity index (χ0v) is 25.6. The molecule has 0 amide bonds. The largest absolute Gasteiger partial charge is 0.312 e. The highest BCUT2D eigenvalue weighted by atomic mass is 32.2. The van der Waals surface area contributed by atoms with Crippen LogP contribution < -0.4 is 0 Å². The first kappa shape index (κ1) is 44.8. The Bertz CT molecular complexity index is 418. The molecule has 0 aromatic carbocycles. The highest BCUT2D eigenvalue weighted by molar-refractivity contribution is 7.97. The Morgan fingerprint density at radius 1 is 0.742 bits per heavy atom. The topological polar surface area (TPSA) is 99.7 Å². The molecule has 14 heteroatoms. The molecule has 2 unspecified atom stereocenters. The molecule has 0 saturated heterocycles. The maximum absolute atomic E-state index is 10.7. The van der Waals surface area contributed by atoms with Crippen LogP contribution in [0.4, 0.5) is 0 Å². The summed E-state index contributed by atoms with van der Waals surface area (Å²) in [5.41, 5.74) is 0. The molecule has 0 aromatic heterocycles. The summed E-state index contributed by atoms with van der Waals surface area (Å²) >= 11 is -0.838. The standard InChI is InChI=1S/C4H12N2O2S.C3H9NO2S.C3H9N.C3H6O.C2H6OS.C2H6S/c1-5(2)8-9(7)6(3)4;1-4(2)7(5)6-3;1-4(2)3;1-3(2)4;1-4(2)3;1-3-2/h1-4H3;1-3H3;1-3H3;2*1-2H3;1-2H3. The Morgan fingerprint density at radius 3 is 0.968 bits per heavy atom. The molecular weight excluding hydrogens is 484 g/mol. The second-order valence-electron chi connectivity index (χ2n) is 6.51. The summed E-state index contributed by atoms with van der Waals surface area (Å²) in [6.07, 6.45) is 7.36. The van der Waals surface area contributed by atoms with E-state index in [1.54, 1.807) is 66.6 Å². The molecule has 2 atom stereocenters. The molecule has 0 fully saturated rings. The predicted octanol–water partition coefficient (Wildman–Crippen LogP) is 1.14. The van der Waals surface area contributed by atoms with Crippen molar-refractivity contribution in [3.8, 4) is 0 Å². The molecule has 0 spiro atoms. The Labute approximate surface area is 204 Å². The highest BCUT2D eigenvalue weighted by Gasteiger charge is 2.02. The van der Waals surface area contributed by atoms with Crippen molar-refractivity contribution >= 4 is 50.9 Å². The minimum absolute atomic E-state index is 0.167. The zero-order valence-electron chi connectivity index (χ0n) is 22.4. The van der Waals surface area contributed by atoms with Gasteiger partial charge >= 0.3 is 0 Å².